The highest BCUT2D eigenvalue weighted by molar-refractivity contribution is 5.75. The van der Waals surface area contributed by atoms with Crippen LogP contribution in [0.3, 0.4) is 0 Å². The van der Waals surface area contributed by atoms with Crippen molar-refractivity contribution in [3.8, 4) is 0 Å². The van der Waals surface area contributed by atoms with Crippen LogP contribution in [-0.4, -0.2) is 38.1 Å². The molecule has 0 N–H and O–H groups in total. The summed E-state index contributed by atoms with van der Waals surface area (Å²) in [6, 6.07) is 0. The van der Waals surface area contributed by atoms with Crippen molar-refractivity contribution in [2.75, 3.05) is 27.3 Å². The predicted octanol–water partition coefficient (Wildman–Crippen LogP) is 2.45. The monoisotopic (exact) mass is 215 g/mol. The van der Waals surface area contributed by atoms with Crippen LogP contribution in [0.2, 0.25) is 0 Å². The van der Waals surface area contributed by atoms with E-state index in [1.807, 2.05) is 0 Å². The van der Waals surface area contributed by atoms with E-state index < -0.39 is 0 Å². The Balaban J connectivity index is 3.08. The first-order valence-corrected chi connectivity index (χ1v) is 5.96. The van der Waals surface area contributed by atoms with Crippen LogP contribution >= 0.6 is 0 Å². The number of hydrogen-bond donors (Lipinski definition) is 0. The quantitative estimate of drug-likeness (QED) is 0.553. The van der Waals surface area contributed by atoms with Crippen molar-refractivity contribution in [2.24, 2.45) is 0 Å². The Bertz CT molecular complexity index is 158. The van der Waals surface area contributed by atoms with Crippen LogP contribution in [0, 0.1) is 0 Å². The third kappa shape index (κ3) is 9.73. The average molecular weight is 215 g/mol. The topological polar surface area (TPSA) is 29.5 Å². The Labute approximate surface area is 93.8 Å². The predicted molar refractivity (Wildman–Crippen MR) is 62.9 cm³/mol. The van der Waals surface area contributed by atoms with Crippen LogP contribution in [-0.2, 0) is 9.53 Å². The molecule has 1 amide bonds. The molecule has 0 fully saturated rings. The molecule has 0 unspecified atom stereocenters. The third-order valence-corrected chi connectivity index (χ3v) is 2.35. The third-order valence-electron chi connectivity index (χ3n) is 2.35. The molecule has 0 spiro atoms. The van der Waals surface area contributed by atoms with Gasteiger partial charge in [0.2, 0.25) is 5.91 Å². The van der Waals surface area contributed by atoms with Gasteiger partial charge in [-0.2, -0.15) is 0 Å². The molecule has 0 aromatic rings. The molecule has 0 atom stereocenters. The van der Waals surface area contributed by atoms with Gasteiger partial charge in [0.25, 0.3) is 0 Å². The SMILES string of the molecule is CCCCCCCOCCC(=O)N(C)C. The molecular weight excluding hydrogens is 190 g/mol. The number of nitrogens with zero attached hydrogens (tertiary/aromatic N) is 1. The van der Waals surface area contributed by atoms with Gasteiger partial charge in [0.15, 0.2) is 0 Å². The van der Waals surface area contributed by atoms with Crippen LogP contribution in [0.15, 0.2) is 0 Å². The fourth-order valence-electron chi connectivity index (χ4n) is 1.29. The summed E-state index contributed by atoms with van der Waals surface area (Å²) in [5.41, 5.74) is 0. The molecule has 0 radical (unpaired) electrons. The van der Waals surface area contributed by atoms with Crippen molar-refractivity contribution in [2.45, 2.75) is 45.4 Å². The van der Waals surface area contributed by atoms with E-state index in [4.69, 9.17) is 4.74 Å². The first-order chi connectivity index (χ1) is 7.18. The van der Waals surface area contributed by atoms with Crippen LogP contribution in [0.5, 0.6) is 0 Å². The minimum Gasteiger partial charge on any atom is -0.381 e. The standard InChI is InChI=1S/C12H25NO2/c1-4-5-6-7-8-10-15-11-9-12(14)13(2)3/h4-11H2,1-3H3. The fourth-order valence-corrected chi connectivity index (χ4v) is 1.29. The molecule has 0 aliphatic rings. The first kappa shape index (κ1) is 14.4. The molecule has 90 valence electrons. The van der Waals surface area contributed by atoms with Crippen molar-refractivity contribution in [1.82, 2.24) is 4.90 Å². The minimum atomic E-state index is 0.140. The number of amides is 1. The zero-order valence-corrected chi connectivity index (χ0v) is 10.4. The molecule has 15 heavy (non-hydrogen) atoms. The van der Waals surface area contributed by atoms with E-state index in [0.717, 1.165) is 13.0 Å². The maximum atomic E-state index is 11.2. The second-order valence-electron chi connectivity index (χ2n) is 4.06. The summed E-state index contributed by atoms with van der Waals surface area (Å²) in [5.74, 6) is 0.140. The number of rotatable bonds is 9. The molecule has 0 saturated carbocycles. The number of unbranched alkanes of at least 4 members (excludes halogenated alkanes) is 4. The van der Waals surface area contributed by atoms with Crippen LogP contribution < -0.4 is 0 Å². The van der Waals surface area contributed by atoms with Gasteiger partial charge in [-0.3, -0.25) is 4.79 Å². The summed E-state index contributed by atoms with van der Waals surface area (Å²) in [4.78, 5) is 12.8. The molecule has 3 heteroatoms. The van der Waals surface area contributed by atoms with Gasteiger partial charge >= 0.3 is 0 Å². The Morgan fingerprint density at radius 1 is 1.07 bits per heavy atom. The number of hydrogen-bond acceptors (Lipinski definition) is 2. The second kappa shape index (κ2) is 9.97. The van der Waals surface area contributed by atoms with Crippen molar-refractivity contribution < 1.29 is 9.53 Å². The normalized spacial score (nSPS) is 10.3. The Kier molecular flexibility index (Phi) is 9.59. The molecule has 0 aliphatic heterocycles. The lowest BCUT2D eigenvalue weighted by Crippen LogP contribution is -2.22. The summed E-state index contributed by atoms with van der Waals surface area (Å²) in [5, 5.41) is 0. The van der Waals surface area contributed by atoms with Crippen molar-refractivity contribution in [1.29, 1.82) is 0 Å². The van der Waals surface area contributed by atoms with E-state index in [9.17, 15) is 4.79 Å². The van der Waals surface area contributed by atoms with Gasteiger partial charge in [0.05, 0.1) is 13.0 Å². The minimum absolute atomic E-state index is 0.140. The molecular formula is C12H25NO2. The zero-order valence-electron chi connectivity index (χ0n) is 10.4. The van der Waals surface area contributed by atoms with Crippen LogP contribution in [0.25, 0.3) is 0 Å². The molecule has 0 saturated heterocycles. The van der Waals surface area contributed by atoms with Crippen molar-refractivity contribution in [3.63, 3.8) is 0 Å². The summed E-state index contributed by atoms with van der Waals surface area (Å²) in [6.07, 6.45) is 6.77. The van der Waals surface area contributed by atoms with Crippen molar-refractivity contribution >= 4 is 5.91 Å². The van der Waals surface area contributed by atoms with E-state index in [1.165, 1.54) is 25.7 Å². The van der Waals surface area contributed by atoms with E-state index in [2.05, 4.69) is 6.92 Å². The molecule has 0 rings (SSSR count). The average Bonchev–Trinajstić information content (AvgIpc) is 2.21. The second-order valence-corrected chi connectivity index (χ2v) is 4.06. The van der Waals surface area contributed by atoms with Gasteiger partial charge in [-0.25, -0.2) is 0 Å². The van der Waals surface area contributed by atoms with Crippen LogP contribution in [0.4, 0.5) is 0 Å². The largest absolute Gasteiger partial charge is 0.381 e. The van der Waals surface area contributed by atoms with Gasteiger partial charge < -0.3 is 9.64 Å². The van der Waals surface area contributed by atoms with Crippen LogP contribution in [0.1, 0.15) is 45.4 Å². The van der Waals surface area contributed by atoms with Crippen molar-refractivity contribution in [3.05, 3.63) is 0 Å². The van der Waals surface area contributed by atoms with Gasteiger partial charge in [0.1, 0.15) is 0 Å². The van der Waals surface area contributed by atoms with E-state index in [0.29, 0.717) is 13.0 Å². The molecule has 0 aliphatic carbocycles. The Hall–Kier alpha value is -0.570. The first-order valence-electron chi connectivity index (χ1n) is 5.96. The molecule has 0 bridgehead atoms. The number of ether oxygens (including phenoxy) is 1. The lowest BCUT2D eigenvalue weighted by Gasteiger charge is -2.09. The summed E-state index contributed by atoms with van der Waals surface area (Å²) in [6.45, 7) is 3.57. The molecule has 3 nitrogen and oxygen atoms in total. The lowest BCUT2D eigenvalue weighted by molar-refractivity contribution is -0.129. The van der Waals surface area contributed by atoms with E-state index >= 15 is 0 Å². The highest BCUT2D eigenvalue weighted by Gasteiger charge is 2.02. The Morgan fingerprint density at radius 3 is 2.33 bits per heavy atom. The number of carbonyl (C=O) groups excluding carboxylic acids is 1. The summed E-state index contributed by atoms with van der Waals surface area (Å²) >= 11 is 0. The fraction of sp³-hybridized carbons (Fsp3) is 0.917. The summed E-state index contributed by atoms with van der Waals surface area (Å²) < 4.78 is 5.39. The zero-order chi connectivity index (χ0) is 11.5. The van der Waals surface area contributed by atoms with Gasteiger partial charge in [-0.15, -0.1) is 0 Å². The maximum Gasteiger partial charge on any atom is 0.224 e. The van der Waals surface area contributed by atoms with Gasteiger partial charge in [-0.1, -0.05) is 32.6 Å². The molecule has 0 aromatic carbocycles. The van der Waals surface area contributed by atoms with Gasteiger partial charge in [0, 0.05) is 20.7 Å². The highest BCUT2D eigenvalue weighted by atomic mass is 16.5. The molecule has 0 aromatic heterocycles. The molecule has 0 heterocycles. The van der Waals surface area contributed by atoms with Gasteiger partial charge in [-0.05, 0) is 6.42 Å². The van der Waals surface area contributed by atoms with E-state index in [-0.39, 0.29) is 5.91 Å². The number of carbonyl (C=O) groups is 1. The Morgan fingerprint density at radius 2 is 1.73 bits per heavy atom. The highest BCUT2D eigenvalue weighted by Crippen LogP contribution is 2.02. The smallest absolute Gasteiger partial charge is 0.224 e. The lowest BCUT2D eigenvalue weighted by atomic mass is 10.2. The summed E-state index contributed by atoms with van der Waals surface area (Å²) in [7, 11) is 3.54. The maximum absolute atomic E-state index is 11.2. The van der Waals surface area contributed by atoms with E-state index in [1.54, 1.807) is 19.0 Å².